The second-order valence-electron chi connectivity index (χ2n) is 3.74. The maximum atomic E-state index is 5.16. The fraction of sp³-hybridized carbons (Fsp3) is 0.600. The van der Waals surface area contributed by atoms with Gasteiger partial charge in [0.1, 0.15) is 0 Å². The molecule has 0 radical (unpaired) electrons. The molecule has 0 aromatic carbocycles. The highest BCUT2D eigenvalue weighted by Crippen LogP contribution is 2.30. The van der Waals surface area contributed by atoms with E-state index in [1.165, 1.54) is 0 Å². The average molecular weight is 152 g/mol. The first-order valence-corrected chi connectivity index (χ1v) is 4.06. The van der Waals surface area contributed by atoms with Gasteiger partial charge in [-0.3, -0.25) is 0 Å². The topological polar surface area (TPSA) is 12.5 Å². The van der Waals surface area contributed by atoms with E-state index in [2.05, 4.69) is 26.5 Å². The molecule has 1 aliphatic heterocycles. The molecule has 1 heteroatoms. The average Bonchev–Trinajstić information content (AvgIpc) is 2.67. The second-order valence-corrected chi connectivity index (χ2v) is 3.74. The van der Waals surface area contributed by atoms with E-state index in [9.17, 15) is 0 Å². The SMILES string of the molecule is C=C/C=C\C(C)(C)CC1CO1. The van der Waals surface area contributed by atoms with Crippen LogP contribution in [-0.4, -0.2) is 12.7 Å². The van der Waals surface area contributed by atoms with Gasteiger partial charge < -0.3 is 4.74 Å². The summed E-state index contributed by atoms with van der Waals surface area (Å²) in [6, 6.07) is 0. The van der Waals surface area contributed by atoms with Gasteiger partial charge in [0.2, 0.25) is 0 Å². The summed E-state index contributed by atoms with van der Waals surface area (Å²) < 4.78 is 5.16. The number of hydrogen-bond donors (Lipinski definition) is 0. The Bertz CT molecular complexity index is 164. The largest absolute Gasteiger partial charge is 0.373 e. The quantitative estimate of drug-likeness (QED) is 0.445. The summed E-state index contributed by atoms with van der Waals surface area (Å²) >= 11 is 0. The fourth-order valence-electron chi connectivity index (χ4n) is 1.17. The number of epoxide rings is 1. The summed E-state index contributed by atoms with van der Waals surface area (Å²) in [5, 5.41) is 0. The van der Waals surface area contributed by atoms with Gasteiger partial charge in [-0.05, 0) is 11.8 Å². The highest BCUT2D eigenvalue weighted by Gasteiger charge is 2.29. The molecular weight excluding hydrogens is 136 g/mol. The third kappa shape index (κ3) is 3.38. The molecule has 1 heterocycles. The van der Waals surface area contributed by atoms with Crippen LogP contribution in [0, 0.1) is 5.41 Å². The lowest BCUT2D eigenvalue weighted by molar-refractivity contribution is 0.328. The first kappa shape index (κ1) is 8.54. The van der Waals surface area contributed by atoms with E-state index in [0.717, 1.165) is 13.0 Å². The monoisotopic (exact) mass is 152 g/mol. The minimum atomic E-state index is 0.259. The van der Waals surface area contributed by atoms with Crippen LogP contribution in [0.5, 0.6) is 0 Å². The van der Waals surface area contributed by atoms with E-state index < -0.39 is 0 Å². The molecule has 1 unspecified atom stereocenters. The molecule has 0 N–H and O–H groups in total. The van der Waals surface area contributed by atoms with Crippen molar-refractivity contribution in [2.75, 3.05) is 6.61 Å². The molecule has 0 amide bonds. The van der Waals surface area contributed by atoms with Crippen LogP contribution in [0.25, 0.3) is 0 Å². The molecule has 0 aliphatic carbocycles. The first-order chi connectivity index (χ1) is 5.14. The highest BCUT2D eigenvalue weighted by atomic mass is 16.6. The van der Waals surface area contributed by atoms with E-state index in [1.54, 1.807) is 0 Å². The van der Waals surface area contributed by atoms with E-state index >= 15 is 0 Å². The summed E-state index contributed by atoms with van der Waals surface area (Å²) in [7, 11) is 0. The molecule has 1 saturated heterocycles. The van der Waals surface area contributed by atoms with Gasteiger partial charge in [-0.1, -0.05) is 38.7 Å². The summed E-state index contributed by atoms with van der Waals surface area (Å²) in [6.07, 6.45) is 7.64. The molecule has 0 aromatic rings. The lowest BCUT2D eigenvalue weighted by atomic mass is 9.87. The van der Waals surface area contributed by atoms with Crippen molar-refractivity contribution >= 4 is 0 Å². The zero-order valence-electron chi connectivity index (χ0n) is 7.34. The van der Waals surface area contributed by atoms with E-state index in [4.69, 9.17) is 4.74 Å². The number of rotatable bonds is 4. The predicted octanol–water partition coefficient (Wildman–Crippen LogP) is 2.54. The Labute approximate surface area is 68.8 Å². The van der Waals surface area contributed by atoms with Crippen molar-refractivity contribution in [3.63, 3.8) is 0 Å². The van der Waals surface area contributed by atoms with Gasteiger partial charge in [-0.25, -0.2) is 0 Å². The van der Waals surface area contributed by atoms with Crippen LogP contribution < -0.4 is 0 Å². The van der Waals surface area contributed by atoms with E-state index in [0.29, 0.717) is 6.10 Å². The lowest BCUT2D eigenvalue weighted by Gasteiger charge is -2.17. The first-order valence-electron chi connectivity index (χ1n) is 4.06. The van der Waals surface area contributed by atoms with Crippen LogP contribution in [0.15, 0.2) is 24.8 Å². The Morgan fingerprint density at radius 3 is 2.73 bits per heavy atom. The molecule has 0 saturated carbocycles. The summed E-state index contributed by atoms with van der Waals surface area (Å²) in [5.74, 6) is 0. The van der Waals surface area contributed by atoms with Crippen molar-refractivity contribution in [3.05, 3.63) is 24.8 Å². The highest BCUT2D eigenvalue weighted by molar-refractivity contribution is 5.04. The van der Waals surface area contributed by atoms with Crippen molar-refractivity contribution in [2.45, 2.75) is 26.4 Å². The number of ether oxygens (including phenoxy) is 1. The van der Waals surface area contributed by atoms with Gasteiger partial charge in [-0.15, -0.1) is 0 Å². The van der Waals surface area contributed by atoms with Gasteiger partial charge in [0.05, 0.1) is 12.7 Å². The third-order valence-electron chi connectivity index (χ3n) is 1.84. The third-order valence-corrected chi connectivity index (χ3v) is 1.84. The van der Waals surface area contributed by atoms with Crippen LogP contribution in [0.4, 0.5) is 0 Å². The minimum Gasteiger partial charge on any atom is -0.373 e. The van der Waals surface area contributed by atoms with Crippen molar-refractivity contribution < 1.29 is 4.74 Å². The Morgan fingerprint density at radius 2 is 2.27 bits per heavy atom. The fourth-order valence-corrected chi connectivity index (χ4v) is 1.17. The normalized spacial score (nSPS) is 24.0. The number of allylic oxidation sites excluding steroid dienone is 3. The minimum absolute atomic E-state index is 0.259. The molecule has 0 bridgehead atoms. The van der Waals surface area contributed by atoms with Gasteiger partial charge in [0, 0.05) is 0 Å². The van der Waals surface area contributed by atoms with Crippen LogP contribution in [0.1, 0.15) is 20.3 Å². The van der Waals surface area contributed by atoms with E-state index in [1.807, 2.05) is 12.2 Å². The summed E-state index contributed by atoms with van der Waals surface area (Å²) in [5.41, 5.74) is 0.259. The Balaban J connectivity index is 2.35. The predicted molar refractivity (Wildman–Crippen MR) is 47.5 cm³/mol. The molecule has 11 heavy (non-hydrogen) atoms. The molecule has 0 aromatic heterocycles. The van der Waals surface area contributed by atoms with Gasteiger partial charge in [-0.2, -0.15) is 0 Å². The lowest BCUT2D eigenvalue weighted by Crippen LogP contribution is -2.10. The van der Waals surface area contributed by atoms with Crippen molar-refractivity contribution in [1.29, 1.82) is 0 Å². The van der Waals surface area contributed by atoms with Crippen LogP contribution >= 0.6 is 0 Å². The summed E-state index contributed by atoms with van der Waals surface area (Å²) in [6.45, 7) is 9.02. The molecule has 1 rings (SSSR count). The van der Waals surface area contributed by atoms with Crippen molar-refractivity contribution in [1.82, 2.24) is 0 Å². The molecule has 0 spiro atoms. The molecule has 62 valence electrons. The standard InChI is InChI=1S/C10H16O/c1-4-5-6-10(2,3)7-9-8-11-9/h4-6,9H,1,7-8H2,2-3H3/b6-5-. The zero-order chi connectivity index (χ0) is 8.32. The number of hydrogen-bond acceptors (Lipinski definition) is 1. The molecule has 1 fully saturated rings. The summed E-state index contributed by atoms with van der Waals surface area (Å²) in [4.78, 5) is 0. The van der Waals surface area contributed by atoms with Crippen LogP contribution in [0.2, 0.25) is 0 Å². The van der Waals surface area contributed by atoms with Gasteiger partial charge >= 0.3 is 0 Å². The maximum absolute atomic E-state index is 5.16. The zero-order valence-corrected chi connectivity index (χ0v) is 7.34. The van der Waals surface area contributed by atoms with Crippen LogP contribution in [0.3, 0.4) is 0 Å². The maximum Gasteiger partial charge on any atom is 0.0818 e. The molecule has 1 nitrogen and oxygen atoms in total. The van der Waals surface area contributed by atoms with Crippen molar-refractivity contribution in [3.8, 4) is 0 Å². The Hall–Kier alpha value is -0.560. The molecule has 1 aliphatic rings. The Morgan fingerprint density at radius 1 is 1.64 bits per heavy atom. The molecule has 1 atom stereocenters. The van der Waals surface area contributed by atoms with Crippen LogP contribution in [-0.2, 0) is 4.74 Å². The van der Waals surface area contributed by atoms with Crippen molar-refractivity contribution in [2.24, 2.45) is 5.41 Å². The van der Waals surface area contributed by atoms with Gasteiger partial charge in [0.15, 0.2) is 0 Å². The second kappa shape index (κ2) is 3.22. The van der Waals surface area contributed by atoms with Gasteiger partial charge in [0.25, 0.3) is 0 Å². The Kier molecular flexibility index (Phi) is 2.50. The smallest absolute Gasteiger partial charge is 0.0818 e. The molecular formula is C10H16O. The van der Waals surface area contributed by atoms with E-state index in [-0.39, 0.29) is 5.41 Å².